The molecule has 0 bridgehead atoms. The summed E-state index contributed by atoms with van der Waals surface area (Å²) in [7, 11) is 2.11. The number of hydrogen-bond acceptors (Lipinski definition) is 1. The Balaban J connectivity index is 2.08. The first-order valence-electron chi connectivity index (χ1n) is 5.60. The summed E-state index contributed by atoms with van der Waals surface area (Å²) in [6, 6.07) is 9.03. The minimum absolute atomic E-state index is 0.712. The summed E-state index contributed by atoms with van der Waals surface area (Å²) in [5.41, 5.74) is 2.83. The Morgan fingerprint density at radius 1 is 1.33 bits per heavy atom. The van der Waals surface area contributed by atoms with Gasteiger partial charge in [0.05, 0.1) is 0 Å². The van der Waals surface area contributed by atoms with E-state index in [2.05, 4.69) is 47.4 Å². The summed E-state index contributed by atoms with van der Waals surface area (Å²) in [6.45, 7) is 2.30. The molecule has 1 N–H and O–H groups in total. The Morgan fingerprint density at radius 3 is 3.07 bits per heavy atom. The lowest BCUT2D eigenvalue weighted by molar-refractivity contribution is 0.764. The lowest BCUT2D eigenvalue weighted by atomic mass is 9.97. The Morgan fingerprint density at radius 2 is 2.27 bits per heavy atom. The van der Waals surface area contributed by atoms with E-state index in [0.717, 1.165) is 13.1 Å². The molecule has 1 aromatic heterocycles. The normalized spacial score (nSPS) is 21.3. The van der Waals surface area contributed by atoms with Gasteiger partial charge in [0.1, 0.15) is 0 Å². The Bertz CT molecular complexity index is 478. The van der Waals surface area contributed by atoms with Gasteiger partial charge in [-0.3, -0.25) is 0 Å². The van der Waals surface area contributed by atoms with Crippen molar-refractivity contribution in [2.75, 3.05) is 13.1 Å². The van der Waals surface area contributed by atoms with E-state index in [1.165, 1.54) is 22.9 Å². The largest absolute Gasteiger partial charge is 0.351 e. The van der Waals surface area contributed by atoms with Crippen LogP contribution in [-0.2, 0) is 7.05 Å². The van der Waals surface area contributed by atoms with E-state index in [1.807, 2.05) is 0 Å². The molecule has 0 aliphatic carbocycles. The summed E-state index contributed by atoms with van der Waals surface area (Å²) >= 11 is 0. The molecule has 15 heavy (non-hydrogen) atoms. The van der Waals surface area contributed by atoms with E-state index in [9.17, 15) is 0 Å². The van der Waals surface area contributed by atoms with Crippen LogP contribution in [-0.4, -0.2) is 17.7 Å². The van der Waals surface area contributed by atoms with Crippen molar-refractivity contribution in [3.05, 3.63) is 36.0 Å². The highest BCUT2D eigenvalue weighted by molar-refractivity contribution is 5.80. The van der Waals surface area contributed by atoms with Gasteiger partial charge in [-0.2, -0.15) is 0 Å². The Kier molecular flexibility index (Phi) is 2.03. The second-order valence-corrected chi connectivity index (χ2v) is 4.43. The van der Waals surface area contributed by atoms with Crippen LogP contribution in [0.25, 0.3) is 10.9 Å². The molecular formula is C13H16N2. The highest BCUT2D eigenvalue weighted by Gasteiger charge is 2.16. The zero-order valence-corrected chi connectivity index (χ0v) is 9.03. The summed E-state index contributed by atoms with van der Waals surface area (Å²) < 4.78 is 2.20. The summed E-state index contributed by atoms with van der Waals surface area (Å²) in [6.07, 6.45) is 3.40. The molecule has 1 aliphatic rings. The van der Waals surface area contributed by atoms with Gasteiger partial charge >= 0.3 is 0 Å². The molecule has 1 aromatic carbocycles. The molecule has 3 rings (SSSR count). The van der Waals surface area contributed by atoms with Gasteiger partial charge in [0, 0.05) is 25.3 Å². The first-order valence-corrected chi connectivity index (χ1v) is 5.60. The van der Waals surface area contributed by atoms with E-state index < -0.39 is 0 Å². The second-order valence-electron chi connectivity index (χ2n) is 4.43. The van der Waals surface area contributed by atoms with Crippen LogP contribution in [0.3, 0.4) is 0 Å². The average Bonchev–Trinajstić information content (AvgIpc) is 2.88. The molecule has 1 saturated heterocycles. The van der Waals surface area contributed by atoms with Crippen molar-refractivity contribution in [1.29, 1.82) is 0 Å². The van der Waals surface area contributed by atoms with E-state index >= 15 is 0 Å². The van der Waals surface area contributed by atoms with Crippen LogP contribution in [0, 0.1) is 0 Å². The monoisotopic (exact) mass is 200 g/mol. The fourth-order valence-electron chi connectivity index (χ4n) is 2.47. The van der Waals surface area contributed by atoms with Crippen LogP contribution in [0.1, 0.15) is 17.9 Å². The van der Waals surface area contributed by atoms with Gasteiger partial charge in [-0.15, -0.1) is 0 Å². The molecule has 1 fully saturated rings. The first kappa shape index (κ1) is 8.98. The van der Waals surface area contributed by atoms with Gasteiger partial charge in [0.15, 0.2) is 0 Å². The number of hydrogen-bond donors (Lipinski definition) is 1. The van der Waals surface area contributed by atoms with Crippen molar-refractivity contribution in [3.8, 4) is 0 Å². The summed E-state index contributed by atoms with van der Waals surface area (Å²) in [5.74, 6) is 0.712. The molecule has 2 nitrogen and oxygen atoms in total. The third-order valence-corrected chi connectivity index (χ3v) is 3.44. The van der Waals surface area contributed by atoms with Crippen molar-refractivity contribution in [2.45, 2.75) is 12.3 Å². The molecule has 0 saturated carbocycles. The summed E-state index contributed by atoms with van der Waals surface area (Å²) in [5, 5.41) is 4.76. The van der Waals surface area contributed by atoms with Crippen LogP contribution in [0.5, 0.6) is 0 Å². The molecule has 78 valence electrons. The summed E-state index contributed by atoms with van der Waals surface area (Å²) in [4.78, 5) is 0. The molecule has 1 aliphatic heterocycles. The van der Waals surface area contributed by atoms with Crippen LogP contribution < -0.4 is 5.32 Å². The minimum Gasteiger partial charge on any atom is -0.351 e. The highest BCUT2D eigenvalue weighted by Crippen LogP contribution is 2.26. The number of benzene rings is 1. The molecule has 1 atom stereocenters. The number of nitrogens with zero attached hydrogens (tertiary/aromatic N) is 1. The van der Waals surface area contributed by atoms with E-state index in [1.54, 1.807) is 0 Å². The fraction of sp³-hybridized carbons (Fsp3) is 0.385. The molecule has 0 amide bonds. The zero-order chi connectivity index (χ0) is 10.3. The number of aryl methyl sites for hydroxylation is 1. The number of aromatic nitrogens is 1. The van der Waals surface area contributed by atoms with Gasteiger partial charge in [-0.05, 0) is 42.0 Å². The average molecular weight is 200 g/mol. The van der Waals surface area contributed by atoms with Crippen molar-refractivity contribution in [3.63, 3.8) is 0 Å². The molecule has 0 spiro atoms. The van der Waals surface area contributed by atoms with E-state index in [4.69, 9.17) is 0 Å². The molecule has 0 radical (unpaired) electrons. The molecule has 2 heteroatoms. The van der Waals surface area contributed by atoms with Crippen LogP contribution in [0.4, 0.5) is 0 Å². The topological polar surface area (TPSA) is 17.0 Å². The van der Waals surface area contributed by atoms with Crippen LogP contribution >= 0.6 is 0 Å². The zero-order valence-electron chi connectivity index (χ0n) is 9.03. The van der Waals surface area contributed by atoms with E-state index in [-0.39, 0.29) is 0 Å². The standard InChI is InChI=1S/C13H16N2/c1-15-7-5-10-2-3-11(8-13(10)15)12-4-6-14-9-12/h2-3,5,7-8,12,14H,4,6,9H2,1H3. The third-order valence-electron chi connectivity index (χ3n) is 3.44. The van der Waals surface area contributed by atoms with Gasteiger partial charge in [-0.1, -0.05) is 12.1 Å². The number of rotatable bonds is 1. The number of nitrogens with one attached hydrogen (secondary N) is 1. The van der Waals surface area contributed by atoms with Gasteiger partial charge in [-0.25, -0.2) is 0 Å². The van der Waals surface area contributed by atoms with Crippen LogP contribution in [0.2, 0.25) is 0 Å². The van der Waals surface area contributed by atoms with Gasteiger partial charge < -0.3 is 9.88 Å². The highest BCUT2D eigenvalue weighted by atomic mass is 14.9. The van der Waals surface area contributed by atoms with Gasteiger partial charge in [0.25, 0.3) is 0 Å². The van der Waals surface area contributed by atoms with Crippen molar-refractivity contribution in [1.82, 2.24) is 9.88 Å². The molecule has 1 unspecified atom stereocenters. The van der Waals surface area contributed by atoms with Gasteiger partial charge in [0.2, 0.25) is 0 Å². The Labute approximate surface area is 89.9 Å². The second kappa shape index (κ2) is 3.38. The lowest BCUT2D eigenvalue weighted by Crippen LogP contribution is -2.07. The molecule has 2 aromatic rings. The van der Waals surface area contributed by atoms with Crippen LogP contribution in [0.15, 0.2) is 30.5 Å². The van der Waals surface area contributed by atoms with Crippen molar-refractivity contribution in [2.24, 2.45) is 7.05 Å². The number of fused-ring (bicyclic) bond motifs is 1. The third kappa shape index (κ3) is 1.45. The smallest absolute Gasteiger partial charge is 0.0480 e. The molecule has 2 heterocycles. The maximum atomic E-state index is 3.42. The SMILES string of the molecule is Cn1ccc2ccc(C3CCNC3)cc21. The predicted molar refractivity (Wildman–Crippen MR) is 63.1 cm³/mol. The maximum absolute atomic E-state index is 3.42. The van der Waals surface area contributed by atoms with E-state index in [0.29, 0.717) is 5.92 Å². The van der Waals surface area contributed by atoms with Crippen molar-refractivity contribution >= 4 is 10.9 Å². The first-order chi connectivity index (χ1) is 7.34. The van der Waals surface area contributed by atoms with Crippen molar-refractivity contribution < 1.29 is 0 Å². The minimum atomic E-state index is 0.712. The fourth-order valence-corrected chi connectivity index (χ4v) is 2.47. The Hall–Kier alpha value is -1.28. The lowest BCUT2D eigenvalue weighted by Gasteiger charge is -2.09. The maximum Gasteiger partial charge on any atom is 0.0480 e. The molecular weight excluding hydrogens is 184 g/mol. The predicted octanol–water partition coefficient (Wildman–Crippen LogP) is 2.26. The quantitative estimate of drug-likeness (QED) is 0.747.